The lowest BCUT2D eigenvalue weighted by molar-refractivity contribution is -0.129. The van der Waals surface area contributed by atoms with Gasteiger partial charge < -0.3 is 29.2 Å². The number of carbonyl (C=O) groups is 3. The second-order valence-corrected chi connectivity index (χ2v) is 11.1. The van der Waals surface area contributed by atoms with Gasteiger partial charge in [0.1, 0.15) is 29.0 Å². The van der Waals surface area contributed by atoms with Gasteiger partial charge in [-0.05, 0) is 43.0 Å². The summed E-state index contributed by atoms with van der Waals surface area (Å²) < 4.78 is 9.65. The maximum absolute atomic E-state index is 13.6. The summed E-state index contributed by atoms with van der Waals surface area (Å²) in [6.45, 7) is 5.16. The van der Waals surface area contributed by atoms with Gasteiger partial charge in [-0.15, -0.1) is 0 Å². The Hall–Kier alpha value is -4.38. The van der Waals surface area contributed by atoms with Gasteiger partial charge in [-0.2, -0.15) is 0 Å². The van der Waals surface area contributed by atoms with Crippen LogP contribution in [-0.2, 0) is 16.1 Å². The number of aromatic nitrogens is 4. The van der Waals surface area contributed by atoms with Crippen molar-refractivity contribution in [3.05, 3.63) is 71.9 Å². The van der Waals surface area contributed by atoms with Gasteiger partial charge in [-0.25, -0.2) is 9.97 Å². The topological polar surface area (TPSA) is 123 Å². The normalized spacial score (nSPS) is 17.1. The van der Waals surface area contributed by atoms with Crippen LogP contribution in [0, 0.1) is 5.92 Å². The third-order valence-electron chi connectivity index (χ3n) is 6.92. The summed E-state index contributed by atoms with van der Waals surface area (Å²) in [5.74, 6) is 0.478. The molecule has 0 spiro atoms. The molecule has 1 aromatic carbocycles. The Balaban J connectivity index is 1.40. The summed E-state index contributed by atoms with van der Waals surface area (Å²) in [6, 6.07) is 10.3. The van der Waals surface area contributed by atoms with Gasteiger partial charge in [0, 0.05) is 50.0 Å². The summed E-state index contributed by atoms with van der Waals surface area (Å²) in [7, 11) is 0. The van der Waals surface area contributed by atoms with E-state index >= 15 is 0 Å². The van der Waals surface area contributed by atoms with Gasteiger partial charge in [0.15, 0.2) is 0 Å². The van der Waals surface area contributed by atoms with E-state index in [0.717, 1.165) is 11.4 Å². The van der Waals surface area contributed by atoms with E-state index in [4.69, 9.17) is 16.3 Å². The number of fused-ring (bicyclic) bond motifs is 5. The Morgan fingerprint density at radius 1 is 1.17 bits per heavy atom. The van der Waals surface area contributed by atoms with Crippen molar-refractivity contribution in [1.82, 2.24) is 34.5 Å². The van der Waals surface area contributed by atoms with Crippen LogP contribution >= 0.6 is 11.6 Å². The number of rotatable bonds is 3. The smallest absolute Gasteiger partial charge is 0.274 e. The van der Waals surface area contributed by atoms with E-state index in [2.05, 4.69) is 20.6 Å². The quantitative estimate of drug-likeness (QED) is 0.376. The van der Waals surface area contributed by atoms with E-state index in [0.29, 0.717) is 49.0 Å². The molecule has 4 aromatic rings. The third kappa shape index (κ3) is 7.09. The van der Waals surface area contributed by atoms with Crippen LogP contribution < -0.4 is 15.4 Å². The number of carbonyl (C=O) groups excluding carboxylic acids is 3. The minimum Gasteiger partial charge on any atom is -0.494 e. The first kappa shape index (κ1) is 29.1. The first-order valence-corrected chi connectivity index (χ1v) is 14.4. The van der Waals surface area contributed by atoms with Gasteiger partial charge >= 0.3 is 0 Å². The molecule has 2 N–H and O–H groups in total. The summed E-state index contributed by atoms with van der Waals surface area (Å²) in [5, 5.41) is 6.31. The van der Waals surface area contributed by atoms with Crippen molar-refractivity contribution in [1.29, 1.82) is 0 Å². The highest BCUT2D eigenvalue weighted by Gasteiger charge is 2.26. The van der Waals surface area contributed by atoms with Crippen LogP contribution in [-0.4, -0.2) is 73.8 Å². The summed E-state index contributed by atoms with van der Waals surface area (Å²) in [4.78, 5) is 50.4. The number of pyridine rings is 1. The number of hydrogen-bond acceptors (Lipinski definition) is 6. The zero-order valence-electron chi connectivity index (χ0n) is 23.6. The molecule has 12 heteroatoms. The third-order valence-corrected chi connectivity index (χ3v) is 7.14. The van der Waals surface area contributed by atoms with E-state index in [1.165, 1.54) is 4.90 Å². The minimum atomic E-state index is -0.743. The van der Waals surface area contributed by atoms with E-state index in [9.17, 15) is 14.4 Å². The van der Waals surface area contributed by atoms with Crippen molar-refractivity contribution in [2.45, 2.75) is 39.3 Å². The van der Waals surface area contributed by atoms with Crippen molar-refractivity contribution >= 4 is 35.0 Å². The Bertz CT molecular complexity index is 1580. The highest BCUT2D eigenvalue weighted by atomic mass is 35.5. The molecule has 0 radical (unpaired) electrons. The number of ether oxygens (including phenoxy) is 1. The second kappa shape index (κ2) is 13.1. The van der Waals surface area contributed by atoms with E-state index in [1.807, 2.05) is 48.9 Å². The monoisotopic (exact) mass is 591 g/mol. The largest absolute Gasteiger partial charge is 0.494 e. The summed E-state index contributed by atoms with van der Waals surface area (Å²) in [5.41, 5.74) is 1.64. The van der Waals surface area contributed by atoms with Crippen LogP contribution in [0.2, 0.25) is 5.02 Å². The van der Waals surface area contributed by atoms with Crippen LogP contribution in [0.15, 0.2) is 61.2 Å². The molecule has 0 fully saturated rings. The lowest BCUT2D eigenvalue weighted by Crippen LogP contribution is -2.51. The molecule has 1 aliphatic heterocycles. The fraction of sp³-hybridized carbons (Fsp3) is 0.367. The van der Waals surface area contributed by atoms with Gasteiger partial charge in [0.2, 0.25) is 11.8 Å². The number of amides is 3. The predicted octanol–water partition coefficient (Wildman–Crippen LogP) is 3.42. The van der Waals surface area contributed by atoms with Crippen LogP contribution in [0.4, 0.5) is 0 Å². The number of imidazole rings is 2. The molecule has 11 nitrogen and oxygen atoms in total. The number of nitrogens with zero attached hydrogens (tertiary/aromatic N) is 5. The first-order valence-electron chi connectivity index (χ1n) is 14.0. The van der Waals surface area contributed by atoms with Gasteiger partial charge in [0.25, 0.3) is 5.91 Å². The van der Waals surface area contributed by atoms with Gasteiger partial charge in [-0.3, -0.25) is 14.4 Å². The Labute approximate surface area is 248 Å². The zero-order valence-corrected chi connectivity index (χ0v) is 24.4. The molecule has 1 atom stereocenters. The van der Waals surface area contributed by atoms with Crippen molar-refractivity contribution < 1.29 is 19.1 Å². The molecule has 1 aliphatic rings. The zero-order chi connectivity index (χ0) is 29.6. The Kier molecular flexibility index (Phi) is 9.06. The minimum absolute atomic E-state index is 0.158. The standard InChI is InChI=1S/C30H34ClN7O4/c1-20(2)15-24-29(40)33-10-13-36-12-9-32-28(36)21-5-3-6-23(16-21)42-14-4-11-37(19-27(39)35-24)30(41)25-18-38-17-22(31)7-8-26(38)34-25/h3,5-9,12,16-18,20,24H,4,10-11,13-15,19H2,1-2H3,(H,33,40)(H,35,39)/t24-/m1/s1. The van der Waals surface area contributed by atoms with Crippen LogP contribution in [0.25, 0.3) is 17.0 Å². The molecule has 2 bridgehead atoms. The average Bonchev–Trinajstić information content (AvgIpc) is 3.60. The molecule has 3 amide bonds. The van der Waals surface area contributed by atoms with Gasteiger partial charge in [0.05, 0.1) is 18.2 Å². The molecule has 3 aromatic heterocycles. The molecular formula is C30H34ClN7O4. The van der Waals surface area contributed by atoms with Crippen LogP contribution in [0.1, 0.15) is 37.2 Å². The Morgan fingerprint density at radius 3 is 2.86 bits per heavy atom. The first-order chi connectivity index (χ1) is 20.3. The highest BCUT2D eigenvalue weighted by molar-refractivity contribution is 6.30. The highest BCUT2D eigenvalue weighted by Crippen LogP contribution is 2.23. The number of hydrogen-bond donors (Lipinski definition) is 2. The van der Waals surface area contributed by atoms with E-state index in [1.54, 1.807) is 35.1 Å². The second-order valence-electron chi connectivity index (χ2n) is 10.7. The molecule has 0 aliphatic carbocycles. The van der Waals surface area contributed by atoms with E-state index in [-0.39, 0.29) is 30.6 Å². The molecule has 0 unspecified atom stereocenters. The fourth-order valence-electron chi connectivity index (χ4n) is 4.94. The molecular weight excluding hydrogens is 558 g/mol. The molecule has 42 heavy (non-hydrogen) atoms. The SMILES string of the molecule is CC(C)C[C@H]1NC(=O)CN(C(=O)c2cn3cc(Cl)ccc3n2)CCCOc2cccc(c2)-c2nccn2CCNC1=O. The molecule has 4 heterocycles. The number of nitrogens with one attached hydrogen (secondary N) is 2. The van der Waals surface area contributed by atoms with Crippen molar-refractivity contribution in [3.63, 3.8) is 0 Å². The van der Waals surface area contributed by atoms with Crippen molar-refractivity contribution in [3.8, 4) is 17.1 Å². The average molecular weight is 592 g/mol. The lowest BCUT2D eigenvalue weighted by Gasteiger charge is -2.25. The predicted molar refractivity (Wildman–Crippen MR) is 158 cm³/mol. The number of halogens is 1. The maximum atomic E-state index is 13.6. The maximum Gasteiger partial charge on any atom is 0.274 e. The van der Waals surface area contributed by atoms with Crippen molar-refractivity contribution in [2.75, 3.05) is 26.2 Å². The van der Waals surface area contributed by atoms with E-state index < -0.39 is 17.9 Å². The molecule has 0 saturated heterocycles. The summed E-state index contributed by atoms with van der Waals surface area (Å²) in [6.07, 6.45) is 7.76. The fourth-order valence-corrected chi connectivity index (χ4v) is 5.11. The van der Waals surface area contributed by atoms with Gasteiger partial charge in [-0.1, -0.05) is 37.6 Å². The van der Waals surface area contributed by atoms with Crippen LogP contribution in [0.5, 0.6) is 5.75 Å². The molecule has 220 valence electrons. The lowest BCUT2D eigenvalue weighted by atomic mass is 10.0. The van der Waals surface area contributed by atoms with Crippen LogP contribution in [0.3, 0.4) is 0 Å². The molecule has 5 rings (SSSR count). The number of benzene rings is 1. The van der Waals surface area contributed by atoms with Crippen molar-refractivity contribution in [2.24, 2.45) is 5.92 Å². The molecule has 0 saturated carbocycles. The summed E-state index contributed by atoms with van der Waals surface area (Å²) >= 11 is 6.10. The Morgan fingerprint density at radius 2 is 2.02 bits per heavy atom.